The van der Waals surface area contributed by atoms with Crippen molar-refractivity contribution in [3.8, 4) is 17.4 Å². The van der Waals surface area contributed by atoms with Gasteiger partial charge in [0.05, 0.1) is 24.2 Å². The number of halogens is 2. The van der Waals surface area contributed by atoms with Crippen molar-refractivity contribution in [2.45, 2.75) is 52.2 Å². The van der Waals surface area contributed by atoms with Gasteiger partial charge in [0.1, 0.15) is 18.1 Å². The van der Waals surface area contributed by atoms with Crippen LogP contribution in [0.5, 0.6) is 17.4 Å². The largest absolute Gasteiger partial charge is 0.491 e. The van der Waals surface area contributed by atoms with Crippen molar-refractivity contribution in [1.29, 1.82) is 0 Å². The number of carboxylic acid groups (broad SMARTS) is 1. The molecule has 0 atom stereocenters. The van der Waals surface area contributed by atoms with Crippen molar-refractivity contribution in [1.82, 2.24) is 9.78 Å². The molecule has 0 aliphatic heterocycles. The molecule has 0 radical (unpaired) electrons. The zero-order valence-corrected chi connectivity index (χ0v) is 21.6. The SMILES string of the molecule is CC(C)Oc1cc(CCCOc2cc(CCC(=O)O)n(C)n2)cc(COc2ccc(Cl)cc2Cl)c1. The Morgan fingerprint density at radius 2 is 1.83 bits per heavy atom. The van der Waals surface area contributed by atoms with E-state index in [1.165, 1.54) is 0 Å². The summed E-state index contributed by atoms with van der Waals surface area (Å²) in [6.07, 6.45) is 2.08. The normalized spacial score (nSPS) is 11.0. The zero-order valence-electron chi connectivity index (χ0n) is 20.1. The minimum Gasteiger partial charge on any atom is -0.491 e. The fourth-order valence-corrected chi connectivity index (χ4v) is 3.98. The maximum atomic E-state index is 10.8. The van der Waals surface area contributed by atoms with E-state index in [2.05, 4.69) is 11.2 Å². The van der Waals surface area contributed by atoms with E-state index < -0.39 is 5.97 Å². The summed E-state index contributed by atoms with van der Waals surface area (Å²) < 4.78 is 19.3. The van der Waals surface area contributed by atoms with Gasteiger partial charge in [0, 0.05) is 23.8 Å². The van der Waals surface area contributed by atoms with E-state index in [-0.39, 0.29) is 12.5 Å². The quantitative estimate of drug-likeness (QED) is 0.273. The highest BCUT2D eigenvalue weighted by atomic mass is 35.5. The second-order valence-corrected chi connectivity index (χ2v) is 9.30. The molecule has 0 saturated carbocycles. The monoisotopic (exact) mass is 520 g/mol. The maximum Gasteiger partial charge on any atom is 0.303 e. The van der Waals surface area contributed by atoms with E-state index in [0.29, 0.717) is 41.3 Å². The van der Waals surface area contributed by atoms with Gasteiger partial charge in [0.2, 0.25) is 5.88 Å². The van der Waals surface area contributed by atoms with Crippen LogP contribution in [0.1, 0.15) is 43.5 Å². The fraction of sp³-hybridized carbons (Fsp3) is 0.385. The van der Waals surface area contributed by atoms with Gasteiger partial charge in [0.25, 0.3) is 0 Å². The molecule has 0 spiro atoms. The van der Waals surface area contributed by atoms with E-state index in [9.17, 15) is 4.79 Å². The molecule has 0 bridgehead atoms. The highest BCUT2D eigenvalue weighted by Crippen LogP contribution is 2.29. The van der Waals surface area contributed by atoms with Gasteiger partial charge in [-0.05, 0) is 74.6 Å². The highest BCUT2D eigenvalue weighted by Gasteiger charge is 2.10. The third kappa shape index (κ3) is 8.67. The maximum absolute atomic E-state index is 10.8. The summed E-state index contributed by atoms with van der Waals surface area (Å²) in [5.74, 6) is 1.02. The average Bonchev–Trinajstić information content (AvgIpc) is 3.13. The number of ether oxygens (including phenoxy) is 3. The lowest BCUT2D eigenvalue weighted by Crippen LogP contribution is -2.07. The number of rotatable bonds is 13. The Hall–Kier alpha value is -2.90. The number of hydrogen-bond acceptors (Lipinski definition) is 5. The predicted molar refractivity (Wildman–Crippen MR) is 136 cm³/mol. The average molecular weight is 521 g/mol. The first-order valence-electron chi connectivity index (χ1n) is 11.4. The van der Waals surface area contributed by atoms with Crippen LogP contribution in [0.4, 0.5) is 0 Å². The van der Waals surface area contributed by atoms with Crippen LogP contribution in [-0.4, -0.2) is 33.6 Å². The van der Waals surface area contributed by atoms with Gasteiger partial charge >= 0.3 is 5.97 Å². The number of nitrogens with zero attached hydrogens (tertiary/aromatic N) is 2. The standard InChI is InChI=1S/C26H30Cl2N2O5/c1-17(2)35-22-12-18(11-19(13-22)16-34-24-8-6-20(27)14-23(24)28)5-4-10-33-25-15-21(30(3)29-25)7-9-26(31)32/h6,8,11-15,17H,4-5,7,9-10,16H2,1-3H3,(H,31,32). The molecule has 188 valence electrons. The van der Waals surface area contributed by atoms with Crippen molar-refractivity contribution in [3.05, 3.63) is 69.3 Å². The second kappa shape index (κ2) is 12.7. The van der Waals surface area contributed by atoms with E-state index in [0.717, 1.165) is 35.4 Å². The third-order valence-electron chi connectivity index (χ3n) is 5.10. The molecule has 0 amide bonds. The molecule has 2 aromatic carbocycles. The molecule has 35 heavy (non-hydrogen) atoms. The van der Waals surface area contributed by atoms with Crippen molar-refractivity contribution < 1.29 is 24.1 Å². The van der Waals surface area contributed by atoms with Crippen LogP contribution in [0.25, 0.3) is 0 Å². The van der Waals surface area contributed by atoms with Gasteiger partial charge in [0.15, 0.2) is 0 Å². The van der Waals surface area contributed by atoms with Crippen LogP contribution in [0.3, 0.4) is 0 Å². The number of hydrogen-bond donors (Lipinski definition) is 1. The van der Waals surface area contributed by atoms with Gasteiger partial charge in [-0.3, -0.25) is 9.48 Å². The Morgan fingerprint density at radius 1 is 1.06 bits per heavy atom. The summed E-state index contributed by atoms with van der Waals surface area (Å²) in [5.41, 5.74) is 2.90. The topological polar surface area (TPSA) is 82.8 Å². The van der Waals surface area contributed by atoms with E-state index >= 15 is 0 Å². The predicted octanol–water partition coefficient (Wildman–Crippen LogP) is 6.12. The highest BCUT2D eigenvalue weighted by molar-refractivity contribution is 6.35. The third-order valence-corrected chi connectivity index (χ3v) is 5.63. The van der Waals surface area contributed by atoms with Gasteiger partial charge in [-0.15, -0.1) is 5.10 Å². The van der Waals surface area contributed by atoms with E-state index in [4.69, 9.17) is 42.5 Å². The molecule has 0 aliphatic rings. The molecule has 0 saturated heterocycles. The first kappa shape index (κ1) is 26.7. The molecule has 1 heterocycles. The number of carbonyl (C=O) groups is 1. The van der Waals surface area contributed by atoms with Crippen LogP contribution in [0.2, 0.25) is 10.0 Å². The van der Waals surface area contributed by atoms with Gasteiger partial charge in [-0.1, -0.05) is 29.3 Å². The Labute approximate surface area is 215 Å². The Kier molecular flexibility index (Phi) is 9.69. The molecular formula is C26H30Cl2N2O5. The first-order chi connectivity index (χ1) is 16.7. The summed E-state index contributed by atoms with van der Waals surface area (Å²) in [6, 6.07) is 13.0. The fourth-order valence-electron chi connectivity index (χ4n) is 3.52. The molecule has 9 heteroatoms. The number of aryl methyl sites for hydroxylation is 3. The summed E-state index contributed by atoms with van der Waals surface area (Å²) in [5, 5.41) is 14.2. The molecule has 0 aliphatic carbocycles. The Balaban J connectivity index is 1.58. The van der Waals surface area contributed by atoms with Gasteiger partial charge in [-0.25, -0.2) is 0 Å². The molecule has 3 aromatic rings. The van der Waals surface area contributed by atoms with Crippen LogP contribution in [-0.2, 0) is 31.3 Å². The van der Waals surface area contributed by atoms with E-state index in [1.807, 2.05) is 26.0 Å². The summed E-state index contributed by atoms with van der Waals surface area (Å²) in [4.78, 5) is 10.8. The number of aromatic nitrogens is 2. The molecule has 0 fully saturated rings. The molecule has 3 rings (SSSR count). The molecular weight excluding hydrogens is 491 g/mol. The lowest BCUT2D eigenvalue weighted by atomic mass is 10.1. The van der Waals surface area contributed by atoms with Crippen molar-refractivity contribution >= 4 is 29.2 Å². The minimum absolute atomic E-state index is 0.0486. The summed E-state index contributed by atoms with van der Waals surface area (Å²) in [7, 11) is 1.78. The summed E-state index contributed by atoms with van der Waals surface area (Å²) in [6.45, 7) is 4.80. The zero-order chi connectivity index (χ0) is 25.4. The van der Waals surface area contributed by atoms with E-state index in [1.54, 1.807) is 36.0 Å². The molecule has 1 N–H and O–H groups in total. The summed E-state index contributed by atoms with van der Waals surface area (Å²) >= 11 is 12.2. The Morgan fingerprint density at radius 3 is 2.54 bits per heavy atom. The van der Waals surface area contributed by atoms with Crippen molar-refractivity contribution in [3.63, 3.8) is 0 Å². The van der Waals surface area contributed by atoms with Crippen LogP contribution >= 0.6 is 23.2 Å². The molecule has 1 aromatic heterocycles. The lowest BCUT2D eigenvalue weighted by Gasteiger charge is -2.15. The molecule has 0 unspecified atom stereocenters. The lowest BCUT2D eigenvalue weighted by molar-refractivity contribution is -0.136. The number of carboxylic acids is 1. The van der Waals surface area contributed by atoms with Crippen molar-refractivity contribution in [2.75, 3.05) is 6.61 Å². The number of benzene rings is 2. The number of aliphatic carboxylic acids is 1. The van der Waals surface area contributed by atoms with Gasteiger partial charge < -0.3 is 19.3 Å². The Bertz CT molecular complexity index is 1150. The smallest absolute Gasteiger partial charge is 0.303 e. The van der Waals surface area contributed by atoms with Crippen LogP contribution in [0, 0.1) is 0 Å². The second-order valence-electron chi connectivity index (χ2n) is 8.46. The van der Waals surface area contributed by atoms with Crippen molar-refractivity contribution in [2.24, 2.45) is 7.05 Å². The van der Waals surface area contributed by atoms with Gasteiger partial charge in [-0.2, -0.15) is 0 Å². The molecule has 7 nitrogen and oxygen atoms in total. The minimum atomic E-state index is -0.835. The van der Waals surface area contributed by atoms with Crippen LogP contribution in [0.15, 0.2) is 42.5 Å². The van der Waals surface area contributed by atoms with Crippen LogP contribution < -0.4 is 14.2 Å². The first-order valence-corrected chi connectivity index (χ1v) is 12.2.